The Labute approximate surface area is 664 Å². The lowest BCUT2D eigenvalue weighted by atomic mass is 10.0. The number of hydrogen-bond acceptors (Lipinski definition) is 15. The van der Waals surface area contributed by atoms with Gasteiger partial charge >= 0.3 is 39.5 Å². The summed E-state index contributed by atoms with van der Waals surface area (Å²) in [4.78, 5) is 73.3. The van der Waals surface area contributed by atoms with Gasteiger partial charge in [0.05, 0.1) is 26.4 Å². The Bertz CT molecular complexity index is 2050. The van der Waals surface area contributed by atoms with Crippen LogP contribution in [0.15, 0.2) is 0 Å². The molecule has 0 rings (SSSR count). The van der Waals surface area contributed by atoms with Crippen LogP contribution in [0.5, 0.6) is 0 Å². The third-order valence-electron chi connectivity index (χ3n) is 21.0. The lowest BCUT2D eigenvalue weighted by molar-refractivity contribution is -0.161. The van der Waals surface area contributed by atoms with Crippen molar-refractivity contribution >= 4 is 39.5 Å². The van der Waals surface area contributed by atoms with Gasteiger partial charge in [-0.1, -0.05) is 433 Å². The minimum absolute atomic E-state index is 0.108. The molecule has 0 saturated carbocycles. The Morgan fingerprint density at radius 1 is 0.250 bits per heavy atom. The first-order chi connectivity index (χ1) is 52.5. The molecule has 2 unspecified atom stereocenters. The number of aliphatic hydroxyl groups is 1. The zero-order valence-corrected chi connectivity index (χ0v) is 72.8. The van der Waals surface area contributed by atoms with Gasteiger partial charge in [0.25, 0.3) is 0 Å². The number of phosphoric ester groups is 2. The summed E-state index contributed by atoms with van der Waals surface area (Å²) in [5.74, 6) is -1.39. The van der Waals surface area contributed by atoms with Crippen molar-refractivity contribution in [2.45, 2.75) is 502 Å². The van der Waals surface area contributed by atoms with E-state index in [4.69, 9.17) is 37.0 Å². The number of aliphatic hydroxyl groups excluding tert-OH is 1. The third-order valence-corrected chi connectivity index (χ3v) is 22.9. The molecule has 642 valence electrons. The highest BCUT2D eigenvalue weighted by Gasteiger charge is 2.30. The summed E-state index contributed by atoms with van der Waals surface area (Å²) in [6.07, 6.45) is 76.6. The minimum Gasteiger partial charge on any atom is -0.462 e. The Morgan fingerprint density at radius 3 is 0.630 bits per heavy atom. The van der Waals surface area contributed by atoms with E-state index in [9.17, 15) is 43.2 Å². The average molecular weight is 1580 g/mol. The summed E-state index contributed by atoms with van der Waals surface area (Å²) in [6.45, 7) is 7.33. The molecule has 0 fully saturated rings. The van der Waals surface area contributed by atoms with Crippen LogP contribution < -0.4 is 0 Å². The number of carbonyl (C=O) groups is 4. The molecule has 0 aromatic carbocycles. The Morgan fingerprint density at radius 2 is 0.426 bits per heavy atom. The summed E-state index contributed by atoms with van der Waals surface area (Å²) in [5, 5.41) is 10.7. The van der Waals surface area contributed by atoms with Crippen molar-refractivity contribution in [1.29, 1.82) is 0 Å². The van der Waals surface area contributed by atoms with Gasteiger partial charge in [0.15, 0.2) is 12.2 Å². The lowest BCUT2D eigenvalue weighted by Gasteiger charge is -2.21. The fraction of sp³-hybridized carbons (Fsp3) is 0.955. The standard InChI is InChI=1S/C89H174O17P2/c1-6-9-12-15-18-21-24-27-30-33-36-37-39-42-45-48-51-54-59-65-69-74-88(93)105-84(78-99-86(91)72-67-62-57-52-49-46-43-41-38-34-31-28-25-22-19-16-13-10-7-2)80-103-107(95,96)101-76-83(90)77-102-108(97,98)104-81-85(79-100-87(92)73-68-63-60-55-56-61-66-71-82(4)5)106-89(94)75-70-64-58-53-50-47-44-40-35-32-29-26-23-20-17-14-11-8-3/h82-85,90H,6-81H2,1-5H3,(H,95,96)(H,97,98)/t83-,84-,85-/m1/s1. The molecular weight excluding hydrogens is 1400 g/mol. The molecule has 0 radical (unpaired) electrons. The first-order valence-electron chi connectivity index (χ1n) is 46.1. The molecule has 108 heavy (non-hydrogen) atoms. The molecule has 3 N–H and O–H groups in total. The van der Waals surface area contributed by atoms with Gasteiger partial charge in [0, 0.05) is 25.7 Å². The fourth-order valence-corrected chi connectivity index (χ4v) is 15.6. The van der Waals surface area contributed by atoms with Crippen LogP contribution in [0.1, 0.15) is 484 Å². The second kappa shape index (κ2) is 81.6. The van der Waals surface area contributed by atoms with E-state index in [0.717, 1.165) is 96.3 Å². The quantitative estimate of drug-likeness (QED) is 0.0222. The molecule has 0 aromatic rings. The molecular formula is C89H174O17P2. The van der Waals surface area contributed by atoms with E-state index in [1.54, 1.807) is 0 Å². The zero-order chi connectivity index (χ0) is 79.0. The topological polar surface area (TPSA) is 237 Å². The van der Waals surface area contributed by atoms with Gasteiger partial charge < -0.3 is 33.8 Å². The smallest absolute Gasteiger partial charge is 0.462 e. The highest BCUT2D eigenvalue weighted by atomic mass is 31.2. The van der Waals surface area contributed by atoms with Gasteiger partial charge in [-0.15, -0.1) is 0 Å². The predicted molar refractivity (Wildman–Crippen MR) is 446 cm³/mol. The van der Waals surface area contributed by atoms with Crippen LogP contribution >= 0.6 is 15.6 Å². The van der Waals surface area contributed by atoms with E-state index >= 15 is 0 Å². The first-order valence-corrected chi connectivity index (χ1v) is 49.1. The molecule has 0 aromatic heterocycles. The van der Waals surface area contributed by atoms with Crippen LogP contribution in [0.25, 0.3) is 0 Å². The Kier molecular flexibility index (Phi) is 80.2. The normalized spacial score (nSPS) is 13.7. The molecule has 0 aliphatic heterocycles. The summed E-state index contributed by atoms with van der Waals surface area (Å²) in [7, 11) is -9.93. The molecule has 0 aliphatic carbocycles. The van der Waals surface area contributed by atoms with Crippen molar-refractivity contribution in [2.24, 2.45) is 5.92 Å². The molecule has 19 heteroatoms. The van der Waals surface area contributed by atoms with E-state index < -0.39 is 97.5 Å². The van der Waals surface area contributed by atoms with E-state index in [2.05, 4.69) is 34.6 Å². The molecule has 17 nitrogen and oxygen atoms in total. The number of ether oxygens (including phenoxy) is 4. The van der Waals surface area contributed by atoms with Crippen molar-refractivity contribution in [3.05, 3.63) is 0 Å². The van der Waals surface area contributed by atoms with Crippen molar-refractivity contribution < 1.29 is 80.2 Å². The maximum absolute atomic E-state index is 13.2. The van der Waals surface area contributed by atoms with Crippen LogP contribution in [-0.4, -0.2) is 96.7 Å². The summed E-state index contributed by atoms with van der Waals surface area (Å²) in [6, 6.07) is 0. The van der Waals surface area contributed by atoms with Gasteiger partial charge in [0.1, 0.15) is 19.3 Å². The Balaban J connectivity index is 5.22. The second-order valence-corrected chi connectivity index (χ2v) is 35.4. The van der Waals surface area contributed by atoms with Gasteiger partial charge in [-0.3, -0.25) is 37.3 Å². The first kappa shape index (κ1) is 106. The number of esters is 4. The maximum Gasteiger partial charge on any atom is 0.472 e. The minimum atomic E-state index is -4.97. The van der Waals surface area contributed by atoms with Crippen molar-refractivity contribution in [3.8, 4) is 0 Å². The molecule has 0 spiro atoms. The van der Waals surface area contributed by atoms with Gasteiger partial charge in [-0.25, -0.2) is 9.13 Å². The molecule has 0 heterocycles. The van der Waals surface area contributed by atoms with E-state index in [1.807, 2.05) is 0 Å². The number of hydrogen-bond donors (Lipinski definition) is 3. The monoisotopic (exact) mass is 1580 g/mol. The van der Waals surface area contributed by atoms with Gasteiger partial charge in [0.2, 0.25) is 0 Å². The van der Waals surface area contributed by atoms with Crippen LogP contribution in [-0.2, 0) is 65.4 Å². The molecule has 0 saturated heterocycles. The van der Waals surface area contributed by atoms with Crippen LogP contribution in [0.3, 0.4) is 0 Å². The third kappa shape index (κ3) is 82.1. The molecule has 5 atom stereocenters. The fourth-order valence-electron chi connectivity index (χ4n) is 14.0. The molecule has 0 bridgehead atoms. The van der Waals surface area contributed by atoms with Crippen molar-refractivity contribution in [3.63, 3.8) is 0 Å². The number of unbranched alkanes of at least 4 members (excludes halogenated alkanes) is 61. The highest BCUT2D eigenvalue weighted by molar-refractivity contribution is 7.47. The molecule has 0 aliphatic rings. The van der Waals surface area contributed by atoms with Gasteiger partial charge in [-0.2, -0.15) is 0 Å². The summed E-state index contributed by atoms with van der Waals surface area (Å²) >= 11 is 0. The van der Waals surface area contributed by atoms with Crippen LogP contribution in [0, 0.1) is 5.92 Å². The molecule has 0 amide bonds. The zero-order valence-electron chi connectivity index (χ0n) is 71.0. The number of phosphoric acid groups is 2. The second-order valence-electron chi connectivity index (χ2n) is 32.5. The largest absolute Gasteiger partial charge is 0.472 e. The van der Waals surface area contributed by atoms with Gasteiger partial charge in [-0.05, 0) is 31.6 Å². The highest BCUT2D eigenvalue weighted by Crippen LogP contribution is 2.45. The number of rotatable bonds is 89. The van der Waals surface area contributed by atoms with Crippen LogP contribution in [0.2, 0.25) is 0 Å². The van der Waals surface area contributed by atoms with Crippen molar-refractivity contribution in [2.75, 3.05) is 39.6 Å². The van der Waals surface area contributed by atoms with Crippen molar-refractivity contribution in [1.82, 2.24) is 0 Å². The van der Waals surface area contributed by atoms with E-state index in [0.29, 0.717) is 31.6 Å². The van der Waals surface area contributed by atoms with E-state index in [-0.39, 0.29) is 25.7 Å². The van der Waals surface area contributed by atoms with Crippen LogP contribution in [0.4, 0.5) is 0 Å². The summed E-state index contributed by atoms with van der Waals surface area (Å²) < 4.78 is 69.0. The maximum atomic E-state index is 13.2. The predicted octanol–water partition coefficient (Wildman–Crippen LogP) is 27.5. The summed E-state index contributed by atoms with van der Waals surface area (Å²) in [5.41, 5.74) is 0. The Hall–Kier alpha value is -1.94. The van der Waals surface area contributed by atoms with E-state index in [1.165, 1.54) is 302 Å². The lowest BCUT2D eigenvalue weighted by Crippen LogP contribution is -2.30. The average Bonchev–Trinajstić information content (AvgIpc) is 0.895. The SMILES string of the molecule is CCCCCCCCCCCCCCCCCCCCCCCC(=O)O[C@H](COC(=O)CCCCCCCCCCCCCCCCCCCCC)COP(=O)(O)OC[C@@H](O)COP(=O)(O)OC[C@@H](COC(=O)CCCCCCCCCC(C)C)OC(=O)CCCCCCCCCCCCCCCCCCCC. The number of carbonyl (C=O) groups excluding carboxylic acids is 4.